The minimum atomic E-state index is -0.758. The summed E-state index contributed by atoms with van der Waals surface area (Å²) in [4.78, 5) is 68.1. The van der Waals surface area contributed by atoms with E-state index in [4.69, 9.17) is 9.57 Å². The van der Waals surface area contributed by atoms with Crippen LogP contribution in [-0.4, -0.2) is 92.3 Å². The molecule has 2 amide bonds. The SMILES string of the molecule is O=C=CC(=NOCc1ccc([N+](=O)[O-])cc1)N1CCN(C(=O)[C@@H]2C[C@H](S)CN2C(=O)OCc2ccc([N+](=O)[O-])cc2)CC1. The second-order valence-electron chi connectivity index (χ2n) is 9.76. The fraction of sp³-hybridized carbons (Fsp3) is 0.370. The highest BCUT2D eigenvalue weighted by Gasteiger charge is 2.41. The molecule has 0 saturated carbocycles. The summed E-state index contributed by atoms with van der Waals surface area (Å²) >= 11 is 4.48. The van der Waals surface area contributed by atoms with Crippen molar-refractivity contribution in [2.45, 2.75) is 30.9 Å². The van der Waals surface area contributed by atoms with Crippen LogP contribution in [0.15, 0.2) is 59.8 Å². The number of rotatable bonds is 9. The van der Waals surface area contributed by atoms with Crippen LogP contribution < -0.4 is 0 Å². The molecule has 2 aliphatic rings. The first-order valence-corrected chi connectivity index (χ1v) is 13.7. The van der Waals surface area contributed by atoms with Gasteiger partial charge in [0.05, 0.1) is 15.9 Å². The van der Waals surface area contributed by atoms with Crippen molar-refractivity contribution in [2.75, 3.05) is 32.7 Å². The number of nitro benzene ring substituents is 2. The summed E-state index contributed by atoms with van der Waals surface area (Å²) in [6.45, 7) is 1.42. The first kappa shape index (κ1) is 31.0. The number of nitro groups is 2. The van der Waals surface area contributed by atoms with Gasteiger partial charge in [-0.2, -0.15) is 12.6 Å². The van der Waals surface area contributed by atoms with Gasteiger partial charge in [0, 0.05) is 62.2 Å². The van der Waals surface area contributed by atoms with E-state index < -0.39 is 22.0 Å². The Morgan fingerprint density at radius 3 is 2.00 bits per heavy atom. The fourth-order valence-corrected chi connectivity index (χ4v) is 5.05. The van der Waals surface area contributed by atoms with Crippen molar-refractivity contribution >= 4 is 47.8 Å². The molecule has 2 aromatic rings. The molecular weight excluding hydrogens is 584 g/mol. The standard InChI is InChI=1S/C27H28N6O9S/c34-14-9-25(28-42-18-20-3-7-22(8-4-20)33(39)40)29-10-12-30(13-11-29)26(35)24-15-23(43)16-31(24)27(36)41-17-19-1-5-21(6-2-19)32(37)38/h1-9,23-24,43H,10-13,15-18H2/t23-,24-/m0/s1. The zero-order chi connectivity index (χ0) is 30.9. The summed E-state index contributed by atoms with van der Waals surface area (Å²) in [6, 6.07) is 10.7. The smallest absolute Gasteiger partial charge is 0.410 e. The third-order valence-electron chi connectivity index (χ3n) is 6.95. The number of piperazine rings is 1. The summed E-state index contributed by atoms with van der Waals surface area (Å²) < 4.78 is 5.39. The monoisotopic (exact) mass is 612 g/mol. The van der Waals surface area contributed by atoms with E-state index >= 15 is 0 Å². The van der Waals surface area contributed by atoms with Gasteiger partial charge in [0.15, 0.2) is 5.84 Å². The van der Waals surface area contributed by atoms with E-state index in [0.29, 0.717) is 43.7 Å². The van der Waals surface area contributed by atoms with Crippen LogP contribution in [0.25, 0.3) is 0 Å². The Hall–Kier alpha value is -4.95. The molecule has 2 aromatic carbocycles. The molecule has 2 atom stereocenters. The highest BCUT2D eigenvalue weighted by Crippen LogP contribution is 2.25. The molecule has 4 rings (SSSR count). The lowest BCUT2D eigenvalue weighted by Gasteiger charge is -2.37. The Morgan fingerprint density at radius 2 is 1.47 bits per heavy atom. The van der Waals surface area contributed by atoms with Gasteiger partial charge in [-0.25, -0.2) is 9.59 Å². The van der Waals surface area contributed by atoms with E-state index in [-0.39, 0.29) is 48.1 Å². The van der Waals surface area contributed by atoms with Crippen molar-refractivity contribution < 1.29 is 33.8 Å². The first-order chi connectivity index (χ1) is 20.7. The molecule has 0 aliphatic carbocycles. The summed E-state index contributed by atoms with van der Waals surface area (Å²) in [7, 11) is 0. The van der Waals surface area contributed by atoms with Crippen LogP contribution in [0.4, 0.5) is 16.2 Å². The number of thiol groups is 1. The van der Waals surface area contributed by atoms with Gasteiger partial charge in [-0.15, -0.1) is 0 Å². The van der Waals surface area contributed by atoms with E-state index in [1.807, 2.05) is 0 Å². The van der Waals surface area contributed by atoms with Gasteiger partial charge < -0.3 is 19.4 Å². The molecule has 2 fully saturated rings. The van der Waals surface area contributed by atoms with Crippen LogP contribution in [0.2, 0.25) is 0 Å². The minimum absolute atomic E-state index is 0.0232. The molecule has 15 nitrogen and oxygen atoms in total. The van der Waals surface area contributed by atoms with E-state index in [0.717, 1.165) is 6.08 Å². The number of non-ortho nitro benzene ring substituents is 2. The first-order valence-electron chi connectivity index (χ1n) is 13.2. The van der Waals surface area contributed by atoms with Crippen molar-refractivity contribution in [2.24, 2.45) is 5.16 Å². The van der Waals surface area contributed by atoms with Gasteiger partial charge >= 0.3 is 6.09 Å². The van der Waals surface area contributed by atoms with Crippen LogP contribution in [0, 0.1) is 20.2 Å². The van der Waals surface area contributed by atoms with E-state index in [2.05, 4.69) is 17.8 Å². The number of carbonyl (C=O) groups is 2. The number of carbonyl (C=O) groups excluding carboxylic acids is 3. The van der Waals surface area contributed by atoms with Crippen molar-refractivity contribution in [3.63, 3.8) is 0 Å². The van der Waals surface area contributed by atoms with Crippen LogP contribution in [0.3, 0.4) is 0 Å². The predicted molar refractivity (Wildman–Crippen MR) is 155 cm³/mol. The lowest BCUT2D eigenvalue weighted by Crippen LogP contribution is -2.55. The maximum atomic E-state index is 13.4. The molecule has 0 aromatic heterocycles. The fourth-order valence-electron chi connectivity index (χ4n) is 4.67. The normalized spacial score (nSPS) is 18.5. The molecule has 0 radical (unpaired) electrons. The molecule has 0 unspecified atom stereocenters. The van der Waals surface area contributed by atoms with Gasteiger partial charge in [0.25, 0.3) is 11.4 Å². The largest absolute Gasteiger partial charge is 0.445 e. The third-order valence-corrected chi connectivity index (χ3v) is 7.32. The Labute approximate surface area is 251 Å². The summed E-state index contributed by atoms with van der Waals surface area (Å²) in [5, 5.41) is 25.4. The lowest BCUT2D eigenvalue weighted by molar-refractivity contribution is -0.385. The van der Waals surface area contributed by atoms with Crippen molar-refractivity contribution in [1.82, 2.24) is 14.7 Å². The molecule has 0 bridgehead atoms. The summed E-state index contributed by atoms with van der Waals surface area (Å²) in [5.41, 5.74) is 1.09. The van der Waals surface area contributed by atoms with Gasteiger partial charge in [-0.3, -0.25) is 29.9 Å². The highest BCUT2D eigenvalue weighted by molar-refractivity contribution is 7.81. The molecule has 226 valence electrons. The minimum Gasteiger partial charge on any atom is -0.445 e. The molecule has 2 aliphatic heterocycles. The Balaban J connectivity index is 1.30. The predicted octanol–water partition coefficient (Wildman–Crippen LogP) is 2.57. The number of nitrogens with zero attached hydrogens (tertiary/aromatic N) is 6. The number of oxime groups is 1. The molecule has 2 saturated heterocycles. The zero-order valence-electron chi connectivity index (χ0n) is 22.8. The molecule has 2 heterocycles. The number of ether oxygens (including phenoxy) is 1. The highest BCUT2D eigenvalue weighted by atomic mass is 32.1. The number of amidine groups is 1. The number of amides is 2. The maximum Gasteiger partial charge on any atom is 0.410 e. The summed E-state index contributed by atoms with van der Waals surface area (Å²) in [6.07, 6.45) is 0.798. The second kappa shape index (κ2) is 14.3. The third kappa shape index (κ3) is 8.08. The van der Waals surface area contributed by atoms with Crippen molar-refractivity contribution in [3.05, 3.63) is 86.0 Å². The van der Waals surface area contributed by atoms with Gasteiger partial charge in [0.2, 0.25) is 5.91 Å². The molecule has 0 spiro atoms. The molecule has 16 heteroatoms. The number of benzene rings is 2. The van der Waals surface area contributed by atoms with Crippen LogP contribution in [0.1, 0.15) is 17.5 Å². The molecule has 0 N–H and O–H groups in total. The van der Waals surface area contributed by atoms with Crippen LogP contribution in [0.5, 0.6) is 0 Å². The average molecular weight is 613 g/mol. The molecule has 43 heavy (non-hydrogen) atoms. The second-order valence-corrected chi connectivity index (χ2v) is 10.5. The topological polar surface area (TPSA) is 178 Å². The van der Waals surface area contributed by atoms with Gasteiger partial charge in [0.1, 0.15) is 25.2 Å². The number of hydrogen-bond acceptors (Lipinski definition) is 11. The van der Waals surface area contributed by atoms with Crippen LogP contribution >= 0.6 is 12.6 Å². The number of likely N-dealkylation sites (tertiary alicyclic amines) is 1. The summed E-state index contributed by atoms with van der Waals surface area (Å²) in [5.74, 6) is 1.66. The van der Waals surface area contributed by atoms with Crippen LogP contribution in [-0.2, 0) is 32.4 Å². The molecular formula is C27H28N6O9S. The van der Waals surface area contributed by atoms with Gasteiger partial charge in [-0.1, -0.05) is 5.16 Å². The van der Waals surface area contributed by atoms with E-state index in [1.54, 1.807) is 27.9 Å². The van der Waals surface area contributed by atoms with Gasteiger partial charge in [-0.05, 0) is 41.8 Å². The Bertz CT molecular complexity index is 1420. The van der Waals surface area contributed by atoms with E-state index in [1.165, 1.54) is 41.3 Å². The van der Waals surface area contributed by atoms with Crippen molar-refractivity contribution in [3.8, 4) is 0 Å². The Morgan fingerprint density at radius 1 is 0.930 bits per heavy atom. The van der Waals surface area contributed by atoms with E-state index in [9.17, 15) is 34.6 Å². The average Bonchev–Trinajstić information content (AvgIpc) is 3.41. The maximum absolute atomic E-state index is 13.4. The van der Waals surface area contributed by atoms with Crippen molar-refractivity contribution in [1.29, 1.82) is 0 Å². The zero-order valence-corrected chi connectivity index (χ0v) is 23.7. The quantitative estimate of drug-likeness (QED) is 0.111. The lowest BCUT2D eigenvalue weighted by atomic mass is 10.1. The Kier molecular flexibility index (Phi) is 10.3. The number of hydrogen-bond donors (Lipinski definition) is 1.